The molecule has 0 saturated carbocycles. The topological polar surface area (TPSA) is 55.1 Å². The summed E-state index contributed by atoms with van der Waals surface area (Å²) in [6.45, 7) is 4.27. The number of carboxylic acids is 1. The third-order valence-corrected chi connectivity index (χ3v) is 2.21. The fourth-order valence-electron chi connectivity index (χ4n) is 1.28. The lowest BCUT2D eigenvalue weighted by molar-refractivity contribution is -0.132. The van der Waals surface area contributed by atoms with Gasteiger partial charge in [-0.25, -0.2) is 9.78 Å². The fraction of sp³-hybridized carbons (Fsp3) is 0.455. The molecule has 0 saturated heterocycles. The first kappa shape index (κ1) is 11.5. The Bertz CT molecular complexity index is 366. The van der Waals surface area contributed by atoms with Crippen molar-refractivity contribution < 1.29 is 9.90 Å². The van der Waals surface area contributed by atoms with Crippen LogP contribution in [0.4, 0.5) is 0 Å². The monoisotopic (exact) mass is 208 g/mol. The summed E-state index contributed by atoms with van der Waals surface area (Å²) in [5.74, 6) is 0.138. The summed E-state index contributed by atoms with van der Waals surface area (Å²) in [5.41, 5.74) is 0.367. The van der Waals surface area contributed by atoms with Crippen molar-refractivity contribution >= 4 is 5.97 Å². The maximum absolute atomic E-state index is 10.6. The van der Waals surface area contributed by atoms with E-state index in [4.69, 9.17) is 5.11 Å². The van der Waals surface area contributed by atoms with E-state index in [1.54, 1.807) is 19.2 Å². The van der Waals surface area contributed by atoms with Gasteiger partial charge in [0.05, 0.1) is 0 Å². The van der Waals surface area contributed by atoms with Crippen LogP contribution in [-0.4, -0.2) is 20.6 Å². The number of allylic oxidation sites excluding steroid dienone is 1. The first-order chi connectivity index (χ1) is 7.15. The number of aliphatic carboxylic acids is 1. The van der Waals surface area contributed by atoms with Gasteiger partial charge in [-0.15, -0.1) is 0 Å². The third kappa shape index (κ3) is 3.23. The second kappa shape index (κ2) is 5.34. The van der Waals surface area contributed by atoms with Gasteiger partial charge in [0.2, 0.25) is 0 Å². The van der Waals surface area contributed by atoms with Crippen LogP contribution >= 0.6 is 0 Å². The lowest BCUT2D eigenvalue weighted by Crippen LogP contribution is -2.03. The molecule has 1 rings (SSSR count). The molecule has 1 N–H and O–H groups in total. The van der Waals surface area contributed by atoms with Crippen molar-refractivity contribution in [2.75, 3.05) is 0 Å². The normalized spacial score (nSPS) is 11.7. The Morgan fingerprint density at radius 2 is 2.40 bits per heavy atom. The van der Waals surface area contributed by atoms with Crippen molar-refractivity contribution in [3.63, 3.8) is 0 Å². The highest BCUT2D eigenvalue weighted by molar-refractivity contribution is 5.85. The summed E-state index contributed by atoms with van der Waals surface area (Å²) in [7, 11) is 0. The largest absolute Gasteiger partial charge is 0.478 e. The molecular formula is C11H16N2O2. The van der Waals surface area contributed by atoms with E-state index in [-0.39, 0.29) is 0 Å². The van der Waals surface area contributed by atoms with Crippen LogP contribution in [0.25, 0.3) is 0 Å². The first-order valence-corrected chi connectivity index (χ1v) is 5.05. The second-order valence-corrected chi connectivity index (χ2v) is 3.44. The van der Waals surface area contributed by atoms with E-state index in [0.717, 1.165) is 18.7 Å². The van der Waals surface area contributed by atoms with Crippen molar-refractivity contribution in [2.24, 2.45) is 0 Å². The van der Waals surface area contributed by atoms with E-state index in [1.807, 2.05) is 10.8 Å². The van der Waals surface area contributed by atoms with Crippen LogP contribution in [0, 0.1) is 0 Å². The van der Waals surface area contributed by atoms with Crippen molar-refractivity contribution in [1.82, 2.24) is 9.55 Å². The zero-order chi connectivity index (χ0) is 11.3. The minimum Gasteiger partial charge on any atom is -0.478 e. The average Bonchev–Trinajstić information content (AvgIpc) is 2.62. The molecule has 0 bridgehead atoms. The van der Waals surface area contributed by atoms with Gasteiger partial charge in [0, 0.05) is 30.9 Å². The molecule has 0 radical (unpaired) electrons. The number of hydrogen-bond acceptors (Lipinski definition) is 2. The molecule has 1 aromatic rings. The summed E-state index contributed by atoms with van der Waals surface area (Å²) < 4.78 is 1.97. The molecule has 0 unspecified atom stereocenters. The molecular weight excluding hydrogens is 192 g/mol. The van der Waals surface area contributed by atoms with E-state index < -0.39 is 5.97 Å². The molecule has 4 nitrogen and oxygen atoms in total. The van der Waals surface area contributed by atoms with Crippen LogP contribution in [0.1, 0.15) is 26.1 Å². The van der Waals surface area contributed by atoms with Crippen molar-refractivity contribution in [3.05, 3.63) is 29.9 Å². The number of rotatable bonds is 5. The summed E-state index contributed by atoms with van der Waals surface area (Å²) in [5, 5.41) is 8.69. The Balaban J connectivity index is 2.68. The number of nitrogens with zero attached hydrogens (tertiary/aromatic N) is 2. The summed E-state index contributed by atoms with van der Waals surface area (Å²) >= 11 is 0. The summed E-state index contributed by atoms with van der Waals surface area (Å²) in [4.78, 5) is 14.8. The molecule has 0 aromatic carbocycles. The van der Waals surface area contributed by atoms with E-state index in [1.165, 1.54) is 0 Å². The van der Waals surface area contributed by atoms with Gasteiger partial charge in [-0.05, 0) is 13.3 Å². The van der Waals surface area contributed by atoms with Gasteiger partial charge < -0.3 is 9.67 Å². The molecule has 0 spiro atoms. The molecule has 15 heavy (non-hydrogen) atoms. The van der Waals surface area contributed by atoms with E-state index >= 15 is 0 Å². The van der Waals surface area contributed by atoms with Crippen molar-refractivity contribution in [3.8, 4) is 0 Å². The number of hydrogen-bond donors (Lipinski definition) is 1. The summed E-state index contributed by atoms with van der Waals surface area (Å²) in [6.07, 6.45) is 7.28. The SMILES string of the molecule is CCCc1nccn1CC=C(C)C(=O)O. The minimum atomic E-state index is -0.868. The molecule has 0 amide bonds. The van der Waals surface area contributed by atoms with Gasteiger partial charge in [0.1, 0.15) is 5.82 Å². The molecule has 1 aromatic heterocycles. The highest BCUT2D eigenvalue weighted by atomic mass is 16.4. The Hall–Kier alpha value is -1.58. The average molecular weight is 208 g/mol. The van der Waals surface area contributed by atoms with Crippen LogP contribution in [-0.2, 0) is 17.8 Å². The van der Waals surface area contributed by atoms with Gasteiger partial charge in [0.15, 0.2) is 0 Å². The zero-order valence-electron chi connectivity index (χ0n) is 9.10. The van der Waals surface area contributed by atoms with Gasteiger partial charge in [0.25, 0.3) is 0 Å². The Kier molecular flexibility index (Phi) is 4.09. The number of aryl methyl sites for hydroxylation is 1. The standard InChI is InChI=1S/C11H16N2O2/c1-3-4-10-12-6-8-13(10)7-5-9(2)11(14)15/h5-6,8H,3-4,7H2,1-2H3,(H,14,15). The van der Waals surface area contributed by atoms with Crippen molar-refractivity contribution in [2.45, 2.75) is 33.2 Å². The molecule has 4 heteroatoms. The molecule has 82 valence electrons. The number of carbonyl (C=O) groups is 1. The van der Waals surface area contributed by atoms with E-state index in [9.17, 15) is 4.79 Å². The maximum atomic E-state index is 10.6. The lowest BCUT2D eigenvalue weighted by Gasteiger charge is -2.03. The van der Waals surface area contributed by atoms with Crippen LogP contribution in [0.15, 0.2) is 24.0 Å². The predicted molar refractivity (Wildman–Crippen MR) is 57.6 cm³/mol. The van der Waals surface area contributed by atoms with Crippen molar-refractivity contribution in [1.29, 1.82) is 0 Å². The maximum Gasteiger partial charge on any atom is 0.331 e. The van der Waals surface area contributed by atoms with Gasteiger partial charge in [-0.1, -0.05) is 13.0 Å². The Labute approximate surface area is 89.3 Å². The first-order valence-electron chi connectivity index (χ1n) is 5.05. The number of imidazole rings is 1. The molecule has 0 aliphatic carbocycles. The second-order valence-electron chi connectivity index (χ2n) is 3.44. The van der Waals surface area contributed by atoms with Gasteiger partial charge in [-0.3, -0.25) is 0 Å². The highest BCUT2D eigenvalue weighted by Crippen LogP contribution is 2.03. The number of aromatic nitrogens is 2. The molecule has 0 fully saturated rings. The molecule has 1 heterocycles. The minimum absolute atomic E-state index is 0.367. The quantitative estimate of drug-likeness (QED) is 0.751. The van der Waals surface area contributed by atoms with Gasteiger partial charge >= 0.3 is 5.97 Å². The lowest BCUT2D eigenvalue weighted by atomic mass is 10.3. The molecule has 0 aliphatic rings. The zero-order valence-corrected chi connectivity index (χ0v) is 9.10. The molecule has 0 aliphatic heterocycles. The summed E-state index contributed by atoms with van der Waals surface area (Å²) in [6, 6.07) is 0. The van der Waals surface area contributed by atoms with Crippen LogP contribution in [0.2, 0.25) is 0 Å². The van der Waals surface area contributed by atoms with Crippen LogP contribution in [0.3, 0.4) is 0 Å². The Morgan fingerprint density at radius 3 is 3.00 bits per heavy atom. The smallest absolute Gasteiger partial charge is 0.331 e. The van der Waals surface area contributed by atoms with Crippen LogP contribution in [0.5, 0.6) is 0 Å². The van der Waals surface area contributed by atoms with Crippen LogP contribution < -0.4 is 0 Å². The third-order valence-electron chi connectivity index (χ3n) is 2.21. The fourth-order valence-corrected chi connectivity index (χ4v) is 1.28. The van der Waals surface area contributed by atoms with Gasteiger partial charge in [-0.2, -0.15) is 0 Å². The highest BCUT2D eigenvalue weighted by Gasteiger charge is 2.02. The Morgan fingerprint density at radius 1 is 1.67 bits per heavy atom. The number of carboxylic acid groups (broad SMARTS) is 1. The molecule has 0 atom stereocenters. The van der Waals surface area contributed by atoms with E-state index in [2.05, 4.69) is 11.9 Å². The predicted octanol–water partition coefficient (Wildman–Crippen LogP) is 1.87. The van der Waals surface area contributed by atoms with E-state index in [0.29, 0.717) is 12.1 Å².